The van der Waals surface area contributed by atoms with Crippen molar-refractivity contribution in [2.24, 2.45) is 11.0 Å². The van der Waals surface area contributed by atoms with Crippen LogP contribution in [0.2, 0.25) is 0 Å². The normalized spacial score (nSPS) is 21.4. The smallest absolute Gasteiger partial charge is 0.270 e. The predicted octanol–water partition coefficient (Wildman–Crippen LogP) is 1.90. The van der Waals surface area contributed by atoms with E-state index in [1.54, 1.807) is 9.91 Å². The van der Waals surface area contributed by atoms with Crippen LogP contribution in [0.25, 0.3) is 0 Å². The molecule has 3 rings (SSSR count). The van der Waals surface area contributed by atoms with Gasteiger partial charge in [0.2, 0.25) is 0 Å². The number of benzene rings is 1. The van der Waals surface area contributed by atoms with E-state index >= 15 is 0 Å². The van der Waals surface area contributed by atoms with Gasteiger partial charge in [0.15, 0.2) is 5.78 Å². The number of rotatable bonds is 5. The van der Waals surface area contributed by atoms with E-state index < -0.39 is 6.04 Å². The molecular weight excluding hydrogens is 354 g/mol. The van der Waals surface area contributed by atoms with Gasteiger partial charge in [-0.1, -0.05) is 32.0 Å². The van der Waals surface area contributed by atoms with Crippen molar-refractivity contribution >= 4 is 23.1 Å². The number of piperazine rings is 1. The van der Waals surface area contributed by atoms with Crippen LogP contribution in [-0.2, 0) is 9.59 Å². The summed E-state index contributed by atoms with van der Waals surface area (Å²) in [7, 11) is 0. The van der Waals surface area contributed by atoms with Crippen LogP contribution in [0.4, 0.5) is 5.69 Å². The highest BCUT2D eigenvalue weighted by atomic mass is 16.2. The van der Waals surface area contributed by atoms with Crippen LogP contribution in [0, 0.1) is 17.2 Å². The summed E-state index contributed by atoms with van der Waals surface area (Å²) in [5.74, 6) is 0.138. The molecule has 2 atom stereocenters. The molecule has 7 heteroatoms. The number of carbonyl (C=O) groups excluding carboxylic acids is 2. The number of nitrogens with zero attached hydrogens (tertiary/aromatic N) is 5. The highest BCUT2D eigenvalue weighted by Crippen LogP contribution is 2.26. The molecule has 1 aromatic carbocycles. The van der Waals surface area contributed by atoms with E-state index in [9.17, 15) is 14.9 Å². The molecule has 148 valence electrons. The Labute approximate surface area is 166 Å². The molecule has 0 saturated carbocycles. The highest BCUT2D eigenvalue weighted by Gasteiger charge is 2.37. The van der Waals surface area contributed by atoms with Crippen molar-refractivity contribution in [3.05, 3.63) is 30.3 Å². The molecule has 2 heterocycles. The molecule has 1 aromatic rings. The summed E-state index contributed by atoms with van der Waals surface area (Å²) in [6, 6.07) is 11.3. The molecule has 28 heavy (non-hydrogen) atoms. The third-order valence-corrected chi connectivity index (χ3v) is 5.41. The Balaban J connectivity index is 1.69. The minimum absolute atomic E-state index is 0.00554. The second-order valence-electron chi connectivity index (χ2n) is 7.70. The summed E-state index contributed by atoms with van der Waals surface area (Å²) in [4.78, 5) is 29.0. The summed E-state index contributed by atoms with van der Waals surface area (Å²) in [5.41, 5.74) is 1.24. The molecule has 7 nitrogen and oxygen atoms in total. The summed E-state index contributed by atoms with van der Waals surface area (Å²) >= 11 is 0. The minimum atomic E-state index is -0.438. The molecule has 1 saturated heterocycles. The van der Waals surface area contributed by atoms with Gasteiger partial charge in [-0.2, -0.15) is 10.4 Å². The van der Waals surface area contributed by atoms with Crippen molar-refractivity contribution in [2.45, 2.75) is 39.3 Å². The first kappa shape index (κ1) is 20.0. The number of hydrogen-bond acceptors (Lipinski definition) is 6. The first-order valence-corrected chi connectivity index (χ1v) is 9.77. The topological polar surface area (TPSA) is 80.0 Å². The molecule has 0 aromatic heterocycles. The summed E-state index contributed by atoms with van der Waals surface area (Å²) in [6.45, 7) is 8.10. The molecule has 0 radical (unpaired) electrons. The zero-order valence-corrected chi connectivity index (χ0v) is 16.7. The summed E-state index contributed by atoms with van der Waals surface area (Å²) < 4.78 is 0. The lowest BCUT2D eigenvalue weighted by Crippen LogP contribution is -2.54. The van der Waals surface area contributed by atoms with Crippen LogP contribution < -0.4 is 5.01 Å². The third-order valence-electron chi connectivity index (χ3n) is 5.41. The fraction of sp³-hybridized carbons (Fsp3) is 0.524. The van der Waals surface area contributed by atoms with Gasteiger partial charge in [0.05, 0.1) is 11.8 Å². The second kappa shape index (κ2) is 8.53. The van der Waals surface area contributed by atoms with Crippen LogP contribution in [0.15, 0.2) is 35.4 Å². The van der Waals surface area contributed by atoms with Crippen molar-refractivity contribution in [3.63, 3.8) is 0 Å². The highest BCUT2D eigenvalue weighted by molar-refractivity contribution is 6.40. The zero-order valence-electron chi connectivity index (χ0n) is 16.7. The Morgan fingerprint density at radius 3 is 2.32 bits per heavy atom. The van der Waals surface area contributed by atoms with Gasteiger partial charge in [0, 0.05) is 32.6 Å². The standard InChI is InChI=1S/C21H27N5O2/c1-15(2)20(14-22)24-9-11-25(12-10-24)21(28)18-13-19(16(3)27)26(23-18)17-7-5-4-6-8-17/h4-8,15,19-20H,9-13H2,1-3H3. The maximum absolute atomic E-state index is 13.0. The number of carbonyl (C=O) groups is 2. The lowest BCUT2D eigenvalue weighted by atomic mass is 10.0. The number of anilines is 1. The fourth-order valence-electron chi connectivity index (χ4n) is 3.81. The number of ketones is 1. The Hall–Kier alpha value is -2.72. The average Bonchev–Trinajstić information content (AvgIpc) is 3.15. The monoisotopic (exact) mass is 381 g/mol. The van der Waals surface area contributed by atoms with Crippen LogP contribution in [0.1, 0.15) is 27.2 Å². The van der Waals surface area contributed by atoms with E-state index in [2.05, 4.69) is 16.1 Å². The molecule has 0 aliphatic carbocycles. The molecular formula is C21H27N5O2. The van der Waals surface area contributed by atoms with Gasteiger partial charge in [0.25, 0.3) is 5.91 Å². The van der Waals surface area contributed by atoms with E-state index in [4.69, 9.17) is 0 Å². The number of hydrogen-bond donors (Lipinski definition) is 0. The second-order valence-corrected chi connectivity index (χ2v) is 7.70. The number of nitriles is 1. The molecule has 0 spiro atoms. The minimum Gasteiger partial charge on any atom is -0.335 e. The molecule has 1 amide bonds. The lowest BCUT2D eigenvalue weighted by molar-refractivity contribution is -0.126. The average molecular weight is 381 g/mol. The largest absolute Gasteiger partial charge is 0.335 e. The lowest BCUT2D eigenvalue weighted by Gasteiger charge is -2.38. The molecule has 1 fully saturated rings. The van der Waals surface area contributed by atoms with Gasteiger partial charge in [-0.05, 0) is 25.0 Å². The number of Topliss-reactive ketones (excluding diaryl/α,β-unsaturated/α-hetero) is 1. The van der Waals surface area contributed by atoms with Gasteiger partial charge in [-0.25, -0.2) is 0 Å². The maximum atomic E-state index is 13.0. The van der Waals surface area contributed by atoms with Crippen molar-refractivity contribution in [3.8, 4) is 6.07 Å². The van der Waals surface area contributed by atoms with Crippen LogP contribution in [-0.4, -0.2) is 65.5 Å². The number of hydrazone groups is 1. The van der Waals surface area contributed by atoms with E-state index in [1.807, 2.05) is 44.2 Å². The van der Waals surface area contributed by atoms with Gasteiger partial charge >= 0.3 is 0 Å². The summed E-state index contributed by atoms with van der Waals surface area (Å²) in [6.07, 6.45) is 0.329. The van der Waals surface area contributed by atoms with E-state index in [0.29, 0.717) is 38.3 Å². The molecule has 2 aliphatic heterocycles. The Morgan fingerprint density at radius 1 is 1.14 bits per heavy atom. The van der Waals surface area contributed by atoms with Crippen molar-refractivity contribution in [2.75, 3.05) is 31.2 Å². The van der Waals surface area contributed by atoms with E-state index in [1.165, 1.54) is 6.92 Å². The van der Waals surface area contributed by atoms with Gasteiger partial charge in [-0.15, -0.1) is 0 Å². The fourth-order valence-corrected chi connectivity index (χ4v) is 3.81. The summed E-state index contributed by atoms with van der Waals surface area (Å²) in [5, 5.41) is 15.6. The van der Waals surface area contributed by atoms with Crippen LogP contribution in [0.5, 0.6) is 0 Å². The van der Waals surface area contributed by atoms with Crippen molar-refractivity contribution < 1.29 is 9.59 Å². The first-order chi connectivity index (χ1) is 13.4. The number of amides is 1. The van der Waals surface area contributed by atoms with E-state index in [0.717, 1.165) is 5.69 Å². The SMILES string of the molecule is CC(=O)C1CC(C(=O)N2CCN(C(C#N)C(C)C)CC2)=NN1c1ccccc1. The maximum Gasteiger partial charge on any atom is 0.270 e. The zero-order chi connectivity index (χ0) is 20.3. The third kappa shape index (κ3) is 4.07. The number of para-hydroxylation sites is 1. The molecule has 2 unspecified atom stereocenters. The Morgan fingerprint density at radius 2 is 1.79 bits per heavy atom. The van der Waals surface area contributed by atoms with Crippen LogP contribution >= 0.6 is 0 Å². The van der Waals surface area contributed by atoms with Gasteiger partial charge in [0.1, 0.15) is 17.8 Å². The predicted molar refractivity (Wildman–Crippen MR) is 108 cm³/mol. The van der Waals surface area contributed by atoms with E-state index in [-0.39, 0.29) is 23.7 Å². The Kier molecular flexibility index (Phi) is 6.10. The van der Waals surface area contributed by atoms with Gasteiger partial charge in [-0.3, -0.25) is 19.5 Å². The van der Waals surface area contributed by atoms with Crippen LogP contribution in [0.3, 0.4) is 0 Å². The molecule has 2 aliphatic rings. The van der Waals surface area contributed by atoms with Gasteiger partial charge < -0.3 is 4.90 Å². The molecule has 0 N–H and O–H groups in total. The quantitative estimate of drug-likeness (QED) is 0.778. The van der Waals surface area contributed by atoms with Crippen molar-refractivity contribution in [1.29, 1.82) is 5.26 Å². The molecule has 0 bridgehead atoms. The Bertz CT molecular complexity index is 791. The van der Waals surface area contributed by atoms with Crippen molar-refractivity contribution in [1.82, 2.24) is 9.80 Å². The first-order valence-electron chi connectivity index (χ1n) is 9.77.